The van der Waals surface area contributed by atoms with Crippen molar-refractivity contribution in [3.05, 3.63) is 0 Å². The van der Waals surface area contributed by atoms with Crippen LogP contribution in [0.25, 0.3) is 0 Å². The van der Waals surface area contributed by atoms with E-state index in [1.165, 1.54) is 10.6 Å². The summed E-state index contributed by atoms with van der Waals surface area (Å²) in [5, 5.41) is 2.95. The van der Waals surface area contributed by atoms with Crippen molar-refractivity contribution < 1.29 is 13.2 Å². The van der Waals surface area contributed by atoms with Crippen LogP contribution in [0.2, 0.25) is 0 Å². The highest BCUT2D eigenvalue weighted by molar-refractivity contribution is 7.88. The number of carbonyl (C=O) groups excluding carboxylic acids is 1. The molecule has 0 radical (unpaired) electrons. The number of amides is 2. The van der Waals surface area contributed by atoms with Gasteiger partial charge in [-0.1, -0.05) is 0 Å². The van der Waals surface area contributed by atoms with E-state index < -0.39 is 10.0 Å². The first-order valence-corrected chi connectivity index (χ1v) is 8.21. The monoisotopic (exact) mass is 275 g/mol. The highest BCUT2D eigenvalue weighted by atomic mass is 32.2. The minimum absolute atomic E-state index is 0.00189. The Labute approximate surface area is 108 Å². The van der Waals surface area contributed by atoms with Crippen molar-refractivity contribution in [1.29, 1.82) is 0 Å². The molecule has 1 aliphatic heterocycles. The highest BCUT2D eigenvalue weighted by Gasteiger charge is 2.31. The number of nitrogens with one attached hydrogen (secondary N) is 1. The van der Waals surface area contributed by atoms with Gasteiger partial charge in [0.1, 0.15) is 0 Å². The van der Waals surface area contributed by atoms with Gasteiger partial charge in [-0.15, -0.1) is 0 Å². The van der Waals surface area contributed by atoms with Crippen molar-refractivity contribution in [2.75, 3.05) is 26.4 Å². The number of hydrogen-bond acceptors (Lipinski definition) is 3. The van der Waals surface area contributed by atoms with E-state index >= 15 is 0 Å². The predicted molar refractivity (Wildman–Crippen MR) is 68.8 cm³/mol. The van der Waals surface area contributed by atoms with Gasteiger partial charge in [-0.3, -0.25) is 0 Å². The lowest BCUT2D eigenvalue weighted by atomic mass is 10.1. The molecule has 0 unspecified atom stereocenters. The molecular formula is C11H21N3O3S. The third kappa shape index (κ3) is 3.35. The van der Waals surface area contributed by atoms with E-state index in [1.807, 2.05) is 0 Å². The summed E-state index contributed by atoms with van der Waals surface area (Å²) in [5.41, 5.74) is 0. The van der Waals surface area contributed by atoms with Crippen LogP contribution in [-0.2, 0) is 10.0 Å². The van der Waals surface area contributed by atoms with Crippen molar-refractivity contribution in [2.24, 2.45) is 0 Å². The van der Waals surface area contributed by atoms with Crippen molar-refractivity contribution in [2.45, 2.75) is 37.8 Å². The second-order valence-corrected chi connectivity index (χ2v) is 7.26. The average molecular weight is 275 g/mol. The number of hydrogen-bond donors (Lipinski definition) is 1. The van der Waals surface area contributed by atoms with Crippen LogP contribution in [0.1, 0.15) is 25.7 Å². The maximum absolute atomic E-state index is 11.8. The molecule has 0 bridgehead atoms. The van der Waals surface area contributed by atoms with Gasteiger partial charge in [0.25, 0.3) is 0 Å². The zero-order valence-corrected chi connectivity index (χ0v) is 11.7. The SMILES string of the molecule is CN(C1CCN(C(=O)NC2CC2)CC1)S(C)(=O)=O. The zero-order chi connectivity index (χ0) is 13.3. The highest BCUT2D eigenvalue weighted by Crippen LogP contribution is 2.21. The summed E-state index contributed by atoms with van der Waals surface area (Å²) in [6, 6.07) is 0.386. The van der Waals surface area contributed by atoms with Crippen LogP contribution in [0, 0.1) is 0 Å². The number of likely N-dealkylation sites (tertiary alicyclic amines) is 1. The summed E-state index contributed by atoms with van der Waals surface area (Å²) in [6.07, 6.45) is 4.81. The van der Waals surface area contributed by atoms with Gasteiger partial charge in [0.05, 0.1) is 6.26 Å². The van der Waals surface area contributed by atoms with Gasteiger partial charge in [0, 0.05) is 32.2 Å². The number of rotatable bonds is 3. The molecule has 0 atom stereocenters. The topological polar surface area (TPSA) is 69.7 Å². The molecule has 1 saturated carbocycles. The summed E-state index contributed by atoms with van der Waals surface area (Å²) in [6.45, 7) is 1.26. The Morgan fingerprint density at radius 1 is 1.22 bits per heavy atom. The molecule has 1 aliphatic carbocycles. The Bertz CT molecular complexity index is 411. The second kappa shape index (κ2) is 5.05. The molecule has 1 saturated heterocycles. The minimum Gasteiger partial charge on any atom is -0.335 e. The van der Waals surface area contributed by atoms with E-state index in [-0.39, 0.29) is 12.1 Å². The van der Waals surface area contributed by atoms with Crippen LogP contribution < -0.4 is 5.32 Å². The molecule has 2 aliphatic rings. The van der Waals surface area contributed by atoms with E-state index in [1.54, 1.807) is 11.9 Å². The molecular weight excluding hydrogens is 254 g/mol. The van der Waals surface area contributed by atoms with Crippen LogP contribution in [0.3, 0.4) is 0 Å². The van der Waals surface area contributed by atoms with Crippen molar-refractivity contribution in [1.82, 2.24) is 14.5 Å². The van der Waals surface area contributed by atoms with Gasteiger partial charge < -0.3 is 10.2 Å². The van der Waals surface area contributed by atoms with Crippen LogP contribution in [0.4, 0.5) is 4.79 Å². The van der Waals surface area contributed by atoms with Gasteiger partial charge >= 0.3 is 6.03 Å². The number of urea groups is 1. The van der Waals surface area contributed by atoms with Gasteiger partial charge in [0.2, 0.25) is 10.0 Å². The maximum Gasteiger partial charge on any atom is 0.317 e. The minimum atomic E-state index is -3.13. The lowest BCUT2D eigenvalue weighted by Crippen LogP contribution is -2.50. The summed E-state index contributed by atoms with van der Waals surface area (Å²) in [5.74, 6) is 0. The molecule has 1 N–H and O–H groups in total. The number of piperidine rings is 1. The van der Waals surface area contributed by atoms with E-state index in [4.69, 9.17) is 0 Å². The van der Waals surface area contributed by atoms with E-state index in [0.717, 1.165) is 12.8 Å². The molecule has 2 fully saturated rings. The van der Waals surface area contributed by atoms with E-state index in [2.05, 4.69) is 5.32 Å². The fraction of sp³-hybridized carbons (Fsp3) is 0.909. The molecule has 18 heavy (non-hydrogen) atoms. The standard InChI is InChI=1S/C11H21N3O3S/c1-13(18(2,16)17)10-5-7-14(8-6-10)11(15)12-9-3-4-9/h9-10H,3-8H2,1-2H3,(H,12,15). The Morgan fingerprint density at radius 2 is 1.78 bits per heavy atom. The zero-order valence-electron chi connectivity index (χ0n) is 10.9. The van der Waals surface area contributed by atoms with Crippen molar-refractivity contribution in [3.8, 4) is 0 Å². The molecule has 0 aromatic carbocycles. The Morgan fingerprint density at radius 3 is 2.22 bits per heavy atom. The quantitative estimate of drug-likeness (QED) is 0.800. The smallest absolute Gasteiger partial charge is 0.317 e. The van der Waals surface area contributed by atoms with Gasteiger partial charge in [0.15, 0.2) is 0 Å². The fourth-order valence-electron chi connectivity index (χ4n) is 2.20. The normalized spacial score (nSPS) is 22.3. The summed E-state index contributed by atoms with van der Waals surface area (Å²) >= 11 is 0. The van der Waals surface area contributed by atoms with Crippen LogP contribution in [-0.4, -0.2) is 62.1 Å². The summed E-state index contributed by atoms with van der Waals surface area (Å²) < 4.78 is 24.3. The molecule has 2 amide bonds. The lowest BCUT2D eigenvalue weighted by molar-refractivity contribution is 0.164. The molecule has 7 heteroatoms. The van der Waals surface area contributed by atoms with Crippen LogP contribution in [0.15, 0.2) is 0 Å². The Hall–Kier alpha value is -0.820. The number of sulfonamides is 1. The largest absolute Gasteiger partial charge is 0.335 e. The third-order valence-corrected chi connectivity index (χ3v) is 5.04. The van der Waals surface area contributed by atoms with Crippen LogP contribution in [0.5, 0.6) is 0 Å². The molecule has 0 aromatic rings. The molecule has 104 valence electrons. The molecule has 0 aromatic heterocycles. The first kappa shape index (κ1) is 13.6. The van der Waals surface area contributed by atoms with Crippen molar-refractivity contribution in [3.63, 3.8) is 0 Å². The number of nitrogens with zero attached hydrogens (tertiary/aromatic N) is 2. The van der Waals surface area contributed by atoms with Gasteiger partial charge in [-0.2, -0.15) is 0 Å². The average Bonchev–Trinajstić information content (AvgIpc) is 3.11. The Balaban J connectivity index is 1.82. The maximum atomic E-state index is 11.8. The summed E-state index contributed by atoms with van der Waals surface area (Å²) in [4.78, 5) is 13.6. The molecule has 6 nitrogen and oxygen atoms in total. The van der Waals surface area contributed by atoms with Gasteiger partial charge in [-0.25, -0.2) is 17.5 Å². The first-order valence-electron chi connectivity index (χ1n) is 6.36. The van der Waals surface area contributed by atoms with Crippen molar-refractivity contribution >= 4 is 16.1 Å². The van der Waals surface area contributed by atoms with E-state index in [9.17, 15) is 13.2 Å². The second-order valence-electron chi connectivity index (χ2n) is 5.22. The lowest BCUT2D eigenvalue weighted by Gasteiger charge is -2.35. The molecule has 0 spiro atoms. The molecule has 2 rings (SSSR count). The third-order valence-electron chi connectivity index (χ3n) is 3.69. The Kier molecular flexibility index (Phi) is 3.82. The number of carbonyl (C=O) groups is 1. The molecule has 1 heterocycles. The van der Waals surface area contributed by atoms with Crippen LogP contribution >= 0.6 is 0 Å². The van der Waals surface area contributed by atoms with Gasteiger partial charge in [-0.05, 0) is 25.7 Å². The van der Waals surface area contributed by atoms with E-state index in [0.29, 0.717) is 32.0 Å². The summed E-state index contributed by atoms with van der Waals surface area (Å²) in [7, 11) is -1.52. The fourth-order valence-corrected chi connectivity index (χ4v) is 2.95. The predicted octanol–water partition coefficient (Wildman–Crippen LogP) is 0.214. The first-order chi connectivity index (χ1) is 8.38.